The molecule has 0 spiro atoms. The fourth-order valence-corrected chi connectivity index (χ4v) is 3.78. The third-order valence-electron chi connectivity index (χ3n) is 5.12. The van der Waals surface area contributed by atoms with Crippen LogP contribution >= 0.6 is 0 Å². The molecule has 29 heavy (non-hydrogen) atoms. The van der Waals surface area contributed by atoms with E-state index in [0.29, 0.717) is 5.92 Å². The zero-order valence-electron chi connectivity index (χ0n) is 17.8. The summed E-state index contributed by atoms with van der Waals surface area (Å²) in [4.78, 5) is 3.61. The highest BCUT2D eigenvalue weighted by molar-refractivity contribution is 5.91. The minimum atomic E-state index is 0.400. The second kappa shape index (κ2) is 9.93. The fourth-order valence-electron chi connectivity index (χ4n) is 3.78. The summed E-state index contributed by atoms with van der Waals surface area (Å²) in [6.45, 7) is 10.1. The normalized spacial score (nSPS) is 15.8. The van der Waals surface area contributed by atoms with E-state index < -0.39 is 0 Å². The van der Waals surface area contributed by atoms with Crippen molar-refractivity contribution in [2.45, 2.75) is 39.5 Å². The summed E-state index contributed by atoms with van der Waals surface area (Å²) >= 11 is 0. The minimum absolute atomic E-state index is 0.400. The van der Waals surface area contributed by atoms with Crippen LogP contribution in [0.1, 0.15) is 55.5 Å². The highest BCUT2D eigenvalue weighted by atomic mass is 14.7. The lowest BCUT2D eigenvalue weighted by Crippen LogP contribution is -2.05. The van der Waals surface area contributed by atoms with E-state index in [1.165, 1.54) is 45.3 Å². The Balaban J connectivity index is 0.000000755. The van der Waals surface area contributed by atoms with Crippen LogP contribution in [0, 0.1) is 0 Å². The van der Waals surface area contributed by atoms with Crippen molar-refractivity contribution in [2.75, 3.05) is 0 Å². The Hall–Kier alpha value is -3.06. The van der Waals surface area contributed by atoms with Crippen molar-refractivity contribution in [1.82, 2.24) is 4.98 Å². The van der Waals surface area contributed by atoms with E-state index in [1.54, 1.807) is 0 Å². The second-order valence-corrected chi connectivity index (χ2v) is 7.40. The summed E-state index contributed by atoms with van der Waals surface area (Å²) in [6, 6.07) is 17.4. The van der Waals surface area contributed by atoms with Crippen LogP contribution in [0.25, 0.3) is 22.6 Å². The van der Waals surface area contributed by atoms with Crippen LogP contribution in [0.2, 0.25) is 0 Å². The van der Waals surface area contributed by atoms with E-state index in [4.69, 9.17) is 0 Å². The number of nitrogens with one attached hydrogen (secondary N) is 1. The van der Waals surface area contributed by atoms with Gasteiger partial charge in [0.1, 0.15) is 0 Å². The molecular formula is C28H31N. The summed E-state index contributed by atoms with van der Waals surface area (Å²) in [5.41, 5.74) is 7.73. The molecule has 0 radical (unpaired) electrons. The average molecular weight is 382 g/mol. The molecule has 0 bridgehead atoms. The van der Waals surface area contributed by atoms with E-state index in [-0.39, 0.29) is 0 Å². The molecule has 3 aromatic rings. The predicted octanol–water partition coefficient (Wildman–Crippen LogP) is 8.08. The van der Waals surface area contributed by atoms with Gasteiger partial charge >= 0.3 is 0 Å². The van der Waals surface area contributed by atoms with Crippen LogP contribution < -0.4 is 0 Å². The van der Waals surface area contributed by atoms with Gasteiger partial charge in [-0.05, 0) is 36.1 Å². The number of aromatic nitrogens is 1. The molecule has 1 atom stereocenters. The number of aromatic amines is 1. The third-order valence-corrected chi connectivity index (χ3v) is 5.12. The molecule has 0 aliphatic heterocycles. The van der Waals surface area contributed by atoms with E-state index in [0.717, 1.165) is 6.42 Å². The zero-order chi connectivity index (χ0) is 20.6. The van der Waals surface area contributed by atoms with Crippen molar-refractivity contribution in [3.63, 3.8) is 0 Å². The first kappa shape index (κ1) is 20.7. The first-order valence-corrected chi connectivity index (χ1v) is 10.5. The Labute approximate surface area is 175 Å². The lowest BCUT2D eigenvalue weighted by atomic mass is 9.86. The van der Waals surface area contributed by atoms with Gasteiger partial charge in [-0.25, -0.2) is 0 Å². The monoisotopic (exact) mass is 381 g/mol. The van der Waals surface area contributed by atoms with Gasteiger partial charge in [-0.15, -0.1) is 0 Å². The third kappa shape index (κ3) is 4.68. The molecule has 1 unspecified atom stereocenters. The topological polar surface area (TPSA) is 15.8 Å². The van der Waals surface area contributed by atoms with Gasteiger partial charge in [0.05, 0.1) is 0 Å². The molecule has 2 aromatic carbocycles. The zero-order valence-corrected chi connectivity index (χ0v) is 17.8. The number of fused-ring (bicyclic) bond motifs is 3. The number of hydrogen-bond acceptors (Lipinski definition) is 0. The Bertz CT molecular complexity index is 1060. The maximum absolute atomic E-state index is 3.76. The molecule has 0 amide bonds. The molecule has 0 saturated carbocycles. The highest BCUT2D eigenvalue weighted by Gasteiger charge is 2.19. The number of para-hydroxylation sites is 1. The van der Waals surface area contributed by atoms with Crippen LogP contribution in [0.5, 0.6) is 0 Å². The van der Waals surface area contributed by atoms with Crippen molar-refractivity contribution in [3.05, 3.63) is 108 Å². The molecule has 1 heterocycles. The maximum Gasteiger partial charge on any atom is 0.0462 e. The van der Waals surface area contributed by atoms with Crippen molar-refractivity contribution in [2.24, 2.45) is 0 Å². The number of allylic oxidation sites excluding steroid dienone is 6. The van der Waals surface area contributed by atoms with Gasteiger partial charge in [0.25, 0.3) is 0 Å². The number of benzene rings is 2. The molecule has 1 nitrogen and oxygen atoms in total. The largest absolute Gasteiger partial charge is 0.358 e. The van der Waals surface area contributed by atoms with E-state index in [9.17, 15) is 0 Å². The van der Waals surface area contributed by atoms with Crippen LogP contribution in [0.15, 0.2) is 85.5 Å². The first-order valence-electron chi connectivity index (χ1n) is 10.5. The van der Waals surface area contributed by atoms with E-state index in [1.807, 2.05) is 12.2 Å². The van der Waals surface area contributed by atoms with Crippen LogP contribution in [0.4, 0.5) is 0 Å². The number of hydrogen-bond donors (Lipinski definition) is 1. The molecule has 1 N–H and O–H groups in total. The van der Waals surface area contributed by atoms with Crippen molar-refractivity contribution in [1.29, 1.82) is 0 Å². The van der Waals surface area contributed by atoms with Crippen LogP contribution in [0.3, 0.4) is 0 Å². The smallest absolute Gasteiger partial charge is 0.0462 e. The standard InChI is InChI=1S/C25H23N.C3H8/c1-3-5-9-18(4-2)19-10-8-11-20(16-19)21-14-15-23-22-12-6-7-13-24(22)26-25(23)17-21;1-3-2/h3-16,21,26H,1,17H2,2H3;3H2,1-2H3/b9-5-,18-4+;. The quantitative estimate of drug-likeness (QED) is 0.440. The van der Waals surface area contributed by atoms with Gasteiger partial charge in [-0.2, -0.15) is 0 Å². The van der Waals surface area contributed by atoms with E-state index in [2.05, 4.69) is 105 Å². The first-order chi connectivity index (χ1) is 14.2. The Morgan fingerprint density at radius 1 is 1.14 bits per heavy atom. The maximum atomic E-state index is 3.76. The molecule has 1 heteroatoms. The van der Waals surface area contributed by atoms with Crippen molar-refractivity contribution < 1.29 is 0 Å². The highest BCUT2D eigenvalue weighted by Crippen LogP contribution is 2.34. The fraction of sp³-hybridized carbons (Fsp3) is 0.214. The molecule has 1 aliphatic carbocycles. The van der Waals surface area contributed by atoms with Gasteiger partial charge in [0.15, 0.2) is 0 Å². The average Bonchev–Trinajstić information content (AvgIpc) is 3.13. The van der Waals surface area contributed by atoms with Gasteiger partial charge < -0.3 is 4.98 Å². The van der Waals surface area contributed by atoms with Gasteiger partial charge in [-0.1, -0.05) is 106 Å². The predicted molar refractivity (Wildman–Crippen MR) is 129 cm³/mol. The summed E-state index contributed by atoms with van der Waals surface area (Å²) in [7, 11) is 0. The number of rotatable bonds is 4. The van der Waals surface area contributed by atoms with Crippen molar-refractivity contribution >= 4 is 22.6 Å². The van der Waals surface area contributed by atoms with Crippen LogP contribution in [-0.4, -0.2) is 4.98 Å². The molecule has 1 aromatic heterocycles. The van der Waals surface area contributed by atoms with Gasteiger partial charge in [0, 0.05) is 28.1 Å². The lowest BCUT2D eigenvalue weighted by Gasteiger charge is -2.18. The molecule has 1 aliphatic rings. The SMILES string of the molecule is C=C/C=C\C(=C/C)c1cccc(C2C=Cc3c([nH]c4ccccc34)C2)c1.CCC. The number of H-pyrrole nitrogens is 1. The summed E-state index contributed by atoms with van der Waals surface area (Å²) in [6.07, 6.45) is 14.9. The van der Waals surface area contributed by atoms with Gasteiger partial charge in [-0.3, -0.25) is 0 Å². The van der Waals surface area contributed by atoms with Gasteiger partial charge in [0.2, 0.25) is 0 Å². The van der Waals surface area contributed by atoms with Crippen LogP contribution in [-0.2, 0) is 6.42 Å². The molecular weight excluding hydrogens is 350 g/mol. The summed E-state index contributed by atoms with van der Waals surface area (Å²) < 4.78 is 0. The Kier molecular flexibility index (Phi) is 7.08. The van der Waals surface area contributed by atoms with Crippen molar-refractivity contribution in [3.8, 4) is 0 Å². The Morgan fingerprint density at radius 2 is 1.93 bits per heavy atom. The Morgan fingerprint density at radius 3 is 2.69 bits per heavy atom. The minimum Gasteiger partial charge on any atom is -0.358 e. The summed E-state index contributed by atoms with van der Waals surface area (Å²) in [5.74, 6) is 0.400. The molecule has 148 valence electrons. The summed E-state index contributed by atoms with van der Waals surface area (Å²) in [5, 5.41) is 1.32. The molecule has 0 fully saturated rings. The molecule has 0 saturated heterocycles. The lowest BCUT2D eigenvalue weighted by molar-refractivity contribution is 0.809. The second-order valence-electron chi connectivity index (χ2n) is 7.40. The molecule has 4 rings (SSSR count). The van der Waals surface area contributed by atoms with E-state index >= 15 is 0 Å².